The predicted molar refractivity (Wildman–Crippen MR) is 60.5 cm³/mol. The predicted octanol–water partition coefficient (Wildman–Crippen LogP) is 2.90. The number of hydrogen-bond acceptors (Lipinski definition) is 3. The molecule has 0 spiro atoms. The van der Waals surface area contributed by atoms with Gasteiger partial charge in [0.25, 0.3) is 0 Å². The van der Waals surface area contributed by atoms with E-state index in [1.54, 1.807) is 19.1 Å². The summed E-state index contributed by atoms with van der Waals surface area (Å²) in [6, 6.07) is 0. The van der Waals surface area contributed by atoms with E-state index in [-0.39, 0.29) is 11.3 Å². The van der Waals surface area contributed by atoms with Crippen molar-refractivity contribution in [1.82, 2.24) is 0 Å². The molecule has 15 heavy (non-hydrogen) atoms. The van der Waals surface area contributed by atoms with Crippen molar-refractivity contribution in [1.29, 1.82) is 0 Å². The van der Waals surface area contributed by atoms with E-state index in [0.717, 1.165) is 0 Å². The second kappa shape index (κ2) is 7.85. The third-order valence-corrected chi connectivity index (χ3v) is 1.80. The Balaban J connectivity index is 4.65. The molecule has 0 aromatic heterocycles. The SMILES string of the molecule is C=CCC/C(O)=C(/CC=C)C(=O)OCC. The molecule has 0 amide bonds. The lowest BCUT2D eigenvalue weighted by molar-refractivity contribution is -0.138. The van der Waals surface area contributed by atoms with E-state index in [1.165, 1.54) is 0 Å². The molecule has 0 fully saturated rings. The van der Waals surface area contributed by atoms with Crippen molar-refractivity contribution >= 4 is 5.97 Å². The van der Waals surface area contributed by atoms with E-state index in [1.807, 2.05) is 0 Å². The lowest BCUT2D eigenvalue weighted by Crippen LogP contribution is -2.10. The van der Waals surface area contributed by atoms with E-state index in [2.05, 4.69) is 13.2 Å². The van der Waals surface area contributed by atoms with Gasteiger partial charge in [0.15, 0.2) is 0 Å². The van der Waals surface area contributed by atoms with Crippen LogP contribution in [0.4, 0.5) is 0 Å². The first kappa shape index (κ1) is 13.5. The van der Waals surface area contributed by atoms with Gasteiger partial charge >= 0.3 is 5.97 Å². The van der Waals surface area contributed by atoms with Crippen LogP contribution in [0.25, 0.3) is 0 Å². The maximum atomic E-state index is 11.4. The van der Waals surface area contributed by atoms with Gasteiger partial charge in [0, 0.05) is 12.8 Å². The molecule has 3 heteroatoms. The summed E-state index contributed by atoms with van der Waals surface area (Å²) in [6.45, 7) is 9.11. The van der Waals surface area contributed by atoms with Gasteiger partial charge in [-0.15, -0.1) is 13.2 Å². The molecule has 0 radical (unpaired) electrons. The Morgan fingerprint density at radius 2 is 2.07 bits per heavy atom. The van der Waals surface area contributed by atoms with Gasteiger partial charge in [0.1, 0.15) is 5.76 Å². The van der Waals surface area contributed by atoms with E-state index in [4.69, 9.17) is 4.74 Å². The number of allylic oxidation sites excluding steroid dienone is 3. The number of carbonyl (C=O) groups is 1. The molecule has 0 saturated heterocycles. The Morgan fingerprint density at radius 1 is 1.40 bits per heavy atom. The second-order valence-electron chi connectivity index (χ2n) is 2.97. The molecule has 0 saturated carbocycles. The molecule has 0 aliphatic rings. The summed E-state index contributed by atoms with van der Waals surface area (Å²) in [4.78, 5) is 11.4. The molecule has 0 heterocycles. The third-order valence-electron chi connectivity index (χ3n) is 1.80. The number of carbonyl (C=O) groups excluding carboxylic acids is 1. The van der Waals surface area contributed by atoms with E-state index in [9.17, 15) is 9.90 Å². The van der Waals surface area contributed by atoms with Crippen LogP contribution in [0.15, 0.2) is 36.6 Å². The molecular weight excluding hydrogens is 192 g/mol. The van der Waals surface area contributed by atoms with Gasteiger partial charge < -0.3 is 9.84 Å². The highest BCUT2D eigenvalue weighted by Gasteiger charge is 2.14. The highest BCUT2D eigenvalue weighted by Crippen LogP contribution is 2.14. The fourth-order valence-electron chi connectivity index (χ4n) is 1.07. The summed E-state index contributed by atoms with van der Waals surface area (Å²) in [7, 11) is 0. The quantitative estimate of drug-likeness (QED) is 0.304. The topological polar surface area (TPSA) is 46.5 Å². The lowest BCUT2D eigenvalue weighted by Gasteiger charge is -2.07. The van der Waals surface area contributed by atoms with Crippen LogP contribution in [0.3, 0.4) is 0 Å². The molecule has 0 aromatic carbocycles. The number of esters is 1. The molecular formula is C12H18O3. The van der Waals surface area contributed by atoms with E-state index >= 15 is 0 Å². The van der Waals surface area contributed by atoms with Crippen LogP contribution in [0, 0.1) is 0 Å². The fourth-order valence-corrected chi connectivity index (χ4v) is 1.07. The maximum absolute atomic E-state index is 11.4. The first-order valence-corrected chi connectivity index (χ1v) is 4.97. The number of hydrogen-bond donors (Lipinski definition) is 1. The van der Waals surface area contributed by atoms with Crippen LogP contribution in [-0.2, 0) is 9.53 Å². The molecule has 1 N–H and O–H groups in total. The molecule has 0 bridgehead atoms. The van der Waals surface area contributed by atoms with E-state index in [0.29, 0.717) is 25.9 Å². The second-order valence-corrected chi connectivity index (χ2v) is 2.97. The van der Waals surface area contributed by atoms with Crippen molar-refractivity contribution in [3.63, 3.8) is 0 Å². The molecule has 3 nitrogen and oxygen atoms in total. The minimum atomic E-state index is -0.473. The van der Waals surface area contributed by atoms with Crippen LogP contribution in [-0.4, -0.2) is 17.7 Å². The molecule has 0 rings (SSSR count). The van der Waals surface area contributed by atoms with Crippen molar-refractivity contribution in [2.75, 3.05) is 6.61 Å². The Labute approximate surface area is 90.8 Å². The van der Waals surface area contributed by atoms with Gasteiger partial charge in [0.05, 0.1) is 12.2 Å². The van der Waals surface area contributed by atoms with Crippen molar-refractivity contribution in [3.05, 3.63) is 36.6 Å². The van der Waals surface area contributed by atoms with Crippen LogP contribution < -0.4 is 0 Å². The first-order valence-electron chi connectivity index (χ1n) is 4.97. The number of aliphatic hydroxyl groups is 1. The van der Waals surface area contributed by atoms with Crippen molar-refractivity contribution in [3.8, 4) is 0 Å². The normalized spacial score (nSPS) is 11.5. The zero-order chi connectivity index (χ0) is 11.7. The Kier molecular flexibility index (Phi) is 7.06. The highest BCUT2D eigenvalue weighted by atomic mass is 16.5. The Morgan fingerprint density at radius 3 is 2.53 bits per heavy atom. The zero-order valence-electron chi connectivity index (χ0n) is 9.16. The Hall–Kier alpha value is -1.51. The Bertz CT molecular complexity index is 264. The van der Waals surface area contributed by atoms with Gasteiger partial charge in [-0.3, -0.25) is 0 Å². The van der Waals surface area contributed by atoms with Crippen molar-refractivity contribution in [2.45, 2.75) is 26.2 Å². The standard InChI is InChI=1S/C12H18O3/c1-4-7-9-11(13)10(8-5-2)12(14)15-6-3/h4-5,13H,1-2,6-9H2,3H3/b11-10+. The average molecular weight is 210 g/mol. The monoisotopic (exact) mass is 210 g/mol. The summed E-state index contributed by atoms with van der Waals surface area (Å²) in [5, 5.41) is 9.65. The number of rotatable bonds is 7. The van der Waals surface area contributed by atoms with Gasteiger partial charge in [0.2, 0.25) is 0 Å². The number of aliphatic hydroxyl groups excluding tert-OH is 1. The van der Waals surface area contributed by atoms with Crippen LogP contribution in [0.5, 0.6) is 0 Å². The number of ether oxygens (including phenoxy) is 1. The maximum Gasteiger partial charge on any atom is 0.337 e. The molecule has 0 aliphatic heterocycles. The van der Waals surface area contributed by atoms with Crippen molar-refractivity contribution in [2.24, 2.45) is 0 Å². The summed E-state index contributed by atoms with van der Waals surface area (Å²) in [5.74, 6) is -0.410. The lowest BCUT2D eigenvalue weighted by atomic mass is 10.1. The van der Waals surface area contributed by atoms with Gasteiger partial charge in [-0.1, -0.05) is 12.2 Å². The third kappa shape index (κ3) is 5.05. The molecule has 0 atom stereocenters. The van der Waals surface area contributed by atoms with Gasteiger partial charge in [-0.05, 0) is 13.3 Å². The van der Waals surface area contributed by atoms with Gasteiger partial charge in [-0.2, -0.15) is 0 Å². The molecule has 0 aliphatic carbocycles. The zero-order valence-corrected chi connectivity index (χ0v) is 9.16. The average Bonchev–Trinajstić information content (AvgIpc) is 2.22. The molecule has 0 aromatic rings. The summed E-state index contributed by atoms with van der Waals surface area (Å²) in [5.41, 5.74) is 0.286. The highest BCUT2D eigenvalue weighted by molar-refractivity contribution is 5.89. The minimum absolute atomic E-state index is 0.0632. The molecule has 0 unspecified atom stereocenters. The smallest absolute Gasteiger partial charge is 0.337 e. The first-order chi connectivity index (χ1) is 7.17. The minimum Gasteiger partial charge on any atom is -0.512 e. The molecule has 84 valence electrons. The summed E-state index contributed by atoms with van der Waals surface area (Å²) < 4.78 is 4.83. The van der Waals surface area contributed by atoms with Gasteiger partial charge in [-0.25, -0.2) is 4.79 Å². The van der Waals surface area contributed by atoms with Crippen molar-refractivity contribution < 1.29 is 14.6 Å². The van der Waals surface area contributed by atoms with Crippen LogP contribution >= 0.6 is 0 Å². The summed E-state index contributed by atoms with van der Waals surface area (Å²) >= 11 is 0. The largest absolute Gasteiger partial charge is 0.512 e. The summed E-state index contributed by atoms with van der Waals surface area (Å²) in [6.07, 6.45) is 4.61. The van der Waals surface area contributed by atoms with E-state index < -0.39 is 5.97 Å². The fraction of sp³-hybridized carbons (Fsp3) is 0.417. The van der Waals surface area contributed by atoms with Crippen LogP contribution in [0.1, 0.15) is 26.2 Å². The van der Waals surface area contributed by atoms with Crippen LogP contribution in [0.2, 0.25) is 0 Å².